The third-order valence-electron chi connectivity index (χ3n) is 3.90. The fourth-order valence-electron chi connectivity index (χ4n) is 2.87. The average molecular weight is 349 g/mol. The van der Waals surface area contributed by atoms with Gasteiger partial charge in [-0.2, -0.15) is 0 Å². The number of rotatable bonds is 3. The maximum atomic E-state index is 14.3. The van der Waals surface area contributed by atoms with Crippen molar-refractivity contribution in [3.8, 4) is 0 Å². The summed E-state index contributed by atoms with van der Waals surface area (Å²) >= 11 is 3.46. The summed E-state index contributed by atoms with van der Waals surface area (Å²) in [5.41, 5.74) is 1.88. The van der Waals surface area contributed by atoms with Gasteiger partial charge >= 0.3 is 0 Å². The Bertz CT molecular complexity index is 594. The lowest BCUT2D eigenvalue weighted by Crippen LogP contribution is -2.45. The van der Waals surface area contributed by atoms with Gasteiger partial charge in [0, 0.05) is 36.2 Å². The Morgan fingerprint density at radius 3 is 2.33 bits per heavy atom. The Morgan fingerprint density at radius 1 is 1.00 bits per heavy atom. The zero-order valence-corrected chi connectivity index (χ0v) is 13.3. The van der Waals surface area contributed by atoms with Crippen LogP contribution in [0, 0.1) is 5.82 Å². The summed E-state index contributed by atoms with van der Waals surface area (Å²) in [5, 5.41) is 3.35. The van der Waals surface area contributed by atoms with Crippen LogP contribution in [0.4, 0.5) is 4.39 Å². The van der Waals surface area contributed by atoms with Crippen molar-refractivity contribution < 1.29 is 4.39 Å². The summed E-state index contributed by atoms with van der Waals surface area (Å²) in [4.78, 5) is 2.35. The normalized spacial score (nSPS) is 17.6. The van der Waals surface area contributed by atoms with Crippen LogP contribution >= 0.6 is 15.9 Å². The lowest BCUT2D eigenvalue weighted by Gasteiger charge is -2.35. The first kappa shape index (κ1) is 14.7. The maximum Gasteiger partial charge on any atom is 0.128 e. The van der Waals surface area contributed by atoms with Gasteiger partial charge in [-0.05, 0) is 23.8 Å². The van der Waals surface area contributed by atoms with E-state index < -0.39 is 0 Å². The van der Waals surface area contributed by atoms with E-state index in [9.17, 15) is 4.39 Å². The van der Waals surface area contributed by atoms with Crippen LogP contribution in [-0.4, -0.2) is 31.1 Å². The summed E-state index contributed by atoms with van der Waals surface area (Å²) in [5.74, 6) is -0.135. The van der Waals surface area contributed by atoms with Crippen LogP contribution in [0.15, 0.2) is 53.0 Å². The van der Waals surface area contributed by atoms with E-state index in [-0.39, 0.29) is 11.9 Å². The molecule has 1 saturated heterocycles. The summed E-state index contributed by atoms with van der Waals surface area (Å²) in [7, 11) is 0. The second kappa shape index (κ2) is 6.69. The molecule has 110 valence electrons. The second-order valence-electron chi connectivity index (χ2n) is 5.26. The molecule has 1 unspecified atom stereocenters. The number of benzene rings is 2. The van der Waals surface area contributed by atoms with E-state index in [1.54, 1.807) is 12.1 Å². The Hall–Kier alpha value is -1.23. The minimum atomic E-state index is -0.135. The van der Waals surface area contributed by atoms with Crippen molar-refractivity contribution in [3.63, 3.8) is 0 Å². The number of nitrogens with zero attached hydrogens (tertiary/aromatic N) is 1. The molecule has 4 heteroatoms. The summed E-state index contributed by atoms with van der Waals surface area (Å²) in [6.45, 7) is 3.74. The van der Waals surface area contributed by atoms with Crippen molar-refractivity contribution in [1.82, 2.24) is 10.2 Å². The molecule has 1 heterocycles. The van der Waals surface area contributed by atoms with E-state index in [1.165, 1.54) is 0 Å². The van der Waals surface area contributed by atoms with Crippen LogP contribution < -0.4 is 5.32 Å². The van der Waals surface area contributed by atoms with Gasteiger partial charge in [-0.3, -0.25) is 4.90 Å². The topological polar surface area (TPSA) is 15.3 Å². The third-order valence-corrected chi connectivity index (χ3v) is 4.43. The molecule has 0 bridgehead atoms. The molecule has 0 saturated carbocycles. The zero-order chi connectivity index (χ0) is 14.7. The van der Waals surface area contributed by atoms with E-state index >= 15 is 0 Å². The molecule has 1 fully saturated rings. The molecule has 2 nitrogen and oxygen atoms in total. The summed E-state index contributed by atoms with van der Waals surface area (Å²) in [6, 6.07) is 15.2. The Morgan fingerprint density at radius 2 is 1.67 bits per heavy atom. The van der Waals surface area contributed by atoms with E-state index in [1.807, 2.05) is 24.3 Å². The van der Waals surface area contributed by atoms with Crippen LogP contribution in [0.5, 0.6) is 0 Å². The molecule has 0 amide bonds. The predicted octanol–water partition coefficient (Wildman–Crippen LogP) is 3.58. The molecule has 2 aromatic carbocycles. The molecule has 1 N–H and O–H groups in total. The SMILES string of the molecule is Fc1ccccc1C(c1ccc(Br)cc1)N1CCNCC1. The predicted molar refractivity (Wildman–Crippen MR) is 86.8 cm³/mol. The van der Waals surface area contributed by atoms with Crippen LogP contribution in [-0.2, 0) is 0 Å². The van der Waals surface area contributed by atoms with Crippen LogP contribution in [0.25, 0.3) is 0 Å². The number of hydrogen-bond acceptors (Lipinski definition) is 2. The van der Waals surface area contributed by atoms with Crippen LogP contribution in [0.3, 0.4) is 0 Å². The lowest BCUT2D eigenvalue weighted by molar-refractivity contribution is 0.195. The van der Waals surface area contributed by atoms with Crippen molar-refractivity contribution in [2.45, 2.75) is 6.04 Å². The average Bonchev–Trinajstić information content (AvgIpc) is 2.52. The van der Waals surface area contributed by atoms with Crippen LogP contribution in [0.2, 0.25) is 0 Å². The smallest absolute Gasteiger partial charge is 0.128 e. The van der Waals surface area contributed by atoms with Gasteiger partial charge in [0.25, 0.3) is 0 Å². The Kier molecular flexibility index (Phi) is 4.68. The van der Waals surface area contributed by atoms with Gasteiger partial charge in [0.2, 0.25) is 0 Å². The fourth-order valence-corrected chi connectivity index (χ4v) is 3.13. The quantitative estimate of drug-likeness (QED) is 0.911. The number of hydrogen-bond donors (Lipinski definition) is 1. The first-order valence-electron chi connectivity index (χ1n) is 7.20. The van der Waals surface area contributed by atoms with E-state index in [0.29, 0.717) is 0 Å². The highest BCUT2D eigenvalue weighted by Gasteiger charge is 2.25. The molecule has 0 spiro atoms. The number of piperazine rings is 1. The molecule has 1 atom stereocenters. The van der Waals surface area contributed by atoms with Gasteiger partial charge in [-0.25, -0.2) is 4.39 Å². The molecule has 0 aliphatic carbocycles. The van der Waals surface area contributed by atoms with Gasteiger partial charge in [0.05, 0.1) is 6.04 Å². The van der Waals surface area contributed by atoms with Crippen molar-refractivity contribution in [3.05, 3.63) is 69.9 Å². The van der Waals surface area contributed by atoms with Crippen molar-refractivity contribution in [2.75, 3.05) is 26.2 Å². The third kappa shape index (κ3) is 3.34. The first-order chi connectivity index (χ1) is 10.3. The molecular weight excluding hydrogens is 331 g/mol. The second-order valence-corrected chi connectivity index (χ2v) is 6.18. The molecule has 1 aliphatic heterocycles. The van der Waals surface area contributed by atoms with Gasteiger partial charge < -0.3 is 5.32 Å². The Labute approximate surface area is 133 Å². The molecule has 0 radical (unpaired) electrons. The van der Waals surface area contributed by atoms with Crippen LogP contribution in [0.1, 0.15) is 17.2 Å². The highest BCUT2D eigenvalue weighted by molar-refractivity contribution is 9.10. The largest absolute Gasteiger partial charge is 0.314 e. The standard InChI is InChI=1S/C17H18BrFN2/c18-14-7-5-13(6-8-14)17(21-11-9-20-10-12-21)15-3-1-2-4-16(15)19/h1-8,17,20H,9-12H2. The van der Waals surface area contributed by atoms with Gasteiger partial charge in [0.15, 0.2) is 0 Å². The molecule has 3 rings (SSSR count). The minimum absolute atomic E-state index is 0.0265. The monoisotopic (exact) mass is 348 g/mol. The number of nitrogens with one attached hydrogen (secondary N) is 1. The highest BCUT2D eigenvalue weighted by Crippen LogP contribution is 2.31. The van der Waals surface area contributed by atoms with Gasteiger partial charge in [0.1, 0.15) is 5.82 Å². The van der Waals surface area contributed by atoms with Crippen molar-refractivity contribution in [2.24, 2.45) is 0 Å². The van der Waals surface area contributed by atoms with Crippen molar-refractivity contribution >= 4 is 15.9 Å². The Balaban J connectivity index is 2.01. The summed E-state index contributed by atoms with van der Waals surface area (Å²) in [6.07, 6.45) is 0. The first-order valence-corrected chi connectivity index (χ1v) is 7.99. The number of halogens is 2. The molecule has 21 heavy (non-hydrogen) atoms. The zero-order valence-electron chi connectivity index (χ0n) is 11.7. The van der Waals surface area contributed by atoms with E-state index in [0.717, 1.165) is 41.8 Å². The molecule has 2 aromatic rings. The summed E-state index contributed by atoms with van der Waals surface area (Å²) < 4.78 is 15.3. The minimum Gasteiger partial charge on any atom is -0.314 e. The van der Waals surface area contributed by atoms with E-state index in [4.69, 9.17) is 0 Å². The lowest BCUT2D eigenvalue weighted by atomic mass is 9.96. The molecule has 1 aliphatic rings. The van der Waals surface area contributed by atoms with Gasteiger partial charge in [-0.1, -0.05) is 46.3 Å². The molecular formula is C17H18BrFN2. The van der Waals surface area contributed by atoms with Crippen molar-refractivity contribution in [1.29, 1.82) is 0 Å². The highest BCUT2D eigenvalue weighted by atomic mass is 79.9. The van der Waals surface area contributed by atoms with Gasteiger partial charge in [-0.15, -0.1) is 0 Å². The van der Waals surface area contributed by atoms with E-state index in [2.05, 4.69) is 38.3 Å². The molecule has 0 aromatic heterocycles. The maximum absolute atomic E-state index is 14.3. The fraction of sp³-hybridized carbons (Fsp3) is 0.294.